The number of rotatable bonds is 8. The largest absolute Gasteiger partial charge is 0.423 e. The first-order valence-corrected chi connectivity index (χ1v) is 16.5. The molecule has 1 aliphatic heterocycles. The molecule has 1 heterocycles. The quantitative estimate of drug-likeness (QED) is 0.0444. The first kappa shape index (κ1) is 35.4. The normalized spacial score (nSPS) is 25.0. The molecule has 11 nitrogen and oxygen atoms in total. The lowest BCUT2D eigenvalue weighted by molar-refractivity contribution is -0.384. The number of hydrazine groups is 1. The molecule has 2 aliphatic carbocycles. The third-order valence-corrected chi connectivity index (χ3v) is 13.0. The summed E-state index contributed by atoms with van der Waals surface area (Å²) in [4.78, 5) is 74.2. The molecule has 1 saturated heterocycles. The van der Waals surface area contributed by atoms with Crippen LogP contribution in [0.15, 0.2) is 82.9 Å². The van der Waals surface area contributed by atoms with Crippen molar-refractivity contribution in [1.82, 2.24) is 10.0 Å². The van der Waals surface area contributed by atoms with Gasteiger partial charge < -0.3 is 4.74 Å². The predicted molar refractivity (Wildman–Crippen MR) is 180 cm³/mol. The van der Waals surface area contributed by atoms with Gasteiger partial charge in [0.1, 0.15) is 22.0 Å². The van der Waals surface area contributed by atoms with Gasteiger partial charge in [-0.1, -0.05) is 70.1 Å². The standard InChI is InChI=1S/C31H16Cl7N3O8/c32-19-4-2-1-3-18(19)25(43)39(40-26(44)21-22(27(40)45)30(36)24(34)23(33)29(21,35)31(30,37)38)13-20(42)14-7-11-17(12-8-14)49-28(46)15-5-9-16(10-6-15)41(47)48/h1-12,21-22H,13H2/t21-,22+,29-,30-/m1/s1. The van der Waals surface area contributed by atoms with Crippen molar-refractivity contribution in [2.45, 2.75) is 14.1 Å². The lowest BCUT2D eigenvalue weighted by Crippen LogP contribution is -2.56. The number of ether oxygens (including phenoxy) is 1. The number of halogens is 7. The summed E-state index contributed by atoms with van der Waals surface area (Å²) in [5, 5.41) is 11.2. The number of carbonyl (C=O) groups is 5. The maximum atomic E-state index is 14.1. The van der Waals surface area contributed by atoms with Crippen LogP contribution in [0.5, 0.6) is 5.75 Å². The van der Waals surface area contributed by atoms with Crippen LogP contribution in [-0.2, 0) is 9.59 Å². The van der Waals surface area contributed by atoms with Crippen molar-refractivity contribution in [3.8, 4) is 5.75 Å². The molecule has 18 heteroatoms. The van der Waals surface area contributed by atoms with Crippen LogP contribution in [0.3, 0.4) is 0 Å². The third kappa shape index (κ3) is 5.13. The molecule has 4 atom stereocenters. The molecule has 0 aromatic heterocycles. The molecule has 2 bridgehead atoms. The molecule has 0 N–H and O–H groups in total. The van der Waals surface area contributed by atoms with E-state index >= 15 is 0 Å². The Morgan fingerprint density at radius 2 is 1.31 bits per heavy atom. The SMILES string of the molecule is O=C(CN(C(=O)c1ccccc1Cl)N1C(=O)[C@@H]2[C@H](C1=O)[C@@]1(Cl)C(Cl)=C(Cl)[C@@]2(Cl)C1(Cl)Cl)c1ccc(OC(=O)c2ccc([N+](=O)[O-])cc2)cc1. The van der Waals surface area contributed by atoms with Gasteiger partial charge in [-0.2, -0.15) is 5.01 Å². The zero-order valence-corrected chi connectivity index (χ0v) is 29.3. The summed E-state index contributed by atoms with van der Waals surface area (Å²) in [6.07, 6.45) is 0. The maximum Gasteiger partial charge on any atom is 0.343 e. The first-order chi connectivity index (χ1) is 23.0. The number of Topliss-reactive ketones (excluding diaryl/α,β-unsaturated/α-hetero) is 1. The molecule has 252 valence electrons. The number of allylic oxidation sites excluding steroid dienone is 2. The summed E-state index contributed by atoms with van der Waals surface area (Å²) in [6, 6.07) is 15.6. The molecule has 6 rings (SSSR count). The van der Waals surface area contributed by atoms with Crippen LogP contribution in [0.25, 0.3) is 0 Å². The Labute approximate surface area is 311 Å². The molecule has 0 spiro atoms. The Balaban J connectivity index is 1.29. The molecule has 49 heavy (non-hydrogen) atoms. The van der Waals surface area contributed by atoms with Gasteiger partial charge in [0, 0.05) is 17.7 Å². The van der Waals surface area contributed by atoms with Gasteiger partial charge in [0.15, 0.2) is 10.1 Å². The molecule has 2 fully saturated rings. The van der Waals surface area contributed by atoms with Crippen LogP contribution in [0, 0.1) is 22.0 Å². The van der Waals surface area contributed by atoms with Gasteiger partial charge in [-0.25, -0.2) is 9.80 Å². The van der Waals surface area contributed by atoms with E-state index in [1.54, 1.807) is 6.07 Å². The van der Waals surface area contributed by atoms with E-state index < -0.39 is 66.9 Å². The minimum Gasteiger partial charge on any atom is -0.423 e. The minimum atomic E-state index is -2.22. The van der Waals surface area contributed by atoms with Crippen molar-refractivity contribution in [2.75, 3.05) is 6.54 Å². The van der Waals surface area contributed by atoms with Gasteiger partial charge in [0.2, 0.25) is 0 Å². The third-order valence-electron chi connectivity index (χ3n) is 8.46. The summed E-state index contributed by atoms with van der Waals surface area (Å²) in [5.74, 6) is -7.85. The topological polar surface area (TPSA) is 144 Å². The summed E-state index contributed by atoms with van der Waals surface area (Å²) in [7, 11) is 0. The number of amides is 3. The highest BCUT2D eigenvalue weighted by molar-refractivity contribution is 6.66. The lowest BCUT2D eigenvalue weighted by atomic mass is 9.84. The summed E-state index contributed by atoms with van der Waals surface area (Å²) in [6.45, 7) is -0.866. The highest BCUT2D eigenvalue weighted by Gasteiger charge is 2.88. The Hall–Kier alpha value is -3.42. The minimum absolute atomic E-state index is 0.0117. The van der Waals surface area contributed by atoms with Gasteiger partial charge in [-0.3, -0.25) is 29.3 Å². The number of nitro groups is 1. The molecular formula is C31H16Cl7N3O8. The van der Waals surface area contributed by atoms with E-state index in [1.807, 2.05) is 0 Å². The summed E-state index contributed by atoms with van der Waals surface area (Å²) in [5.41, 5.74) is -0.338. The number of esters is 1. The van der Waals surface area contributed by atoms with Crippen molar-refractivity contribution in [3.05, 3.63) is 115 Å². The number of hydrogen-bond donors (Lipinski definition) is 0. The van der Waals surface area contributed by atoms with Crippen LogP contribution in [0.2, 0.25) is 5.02 Å². The van der Waals surface area contributed by atoms with E-state index in [1.165, 1.54) is 54.6 Å². The van der Waals surface area contributed by atoms with E-state index in [-0.39, 0.29) is 43.2 Å². The van der Waals surface area contributed by atoms with Crippen molar-refractivity contribution in [2.24, 2.45) is 11.8 Å². The zero-order valence-electron chi connectivity index (χ0n) is 24.0. The smallest absolute Gasteiger partial charge is 0.343 e. The molecular weight excluding hydrogens is 791 g/mol. The van der Waals surface area contributed by atoms with Gasteiger partial charge in [-0.15, -0.1) is 23.2 Å². The first-order valence-electron chi connectivity index (χ1n) is 13.8. The Morgan fingerprint density at radius 3 is 1.82 bits per heavy atom. The summed E-state index contributed by atoms with van der Waals surface area (Å²) >= 11 is 45.8. The molecule has 3 aliphatic rings. The van der Waals surface area contributed by atoms with E-state index in [0.717, 1.165) is 12.1 Å². The van der Waals surface area contributed by atoms with Gasteiger partial charge >= 0.3 is 5.97 Å². The highest BCUT2D eigenvalue weighted by Crippen LogP contribution is 2.77. The predicted octanol–water partition coefficient (Wildman–Crippen LogP) is 7.15. The van der Waals surface area contributed by atoms with Crippen LogP contribution in [-0.4, -0.2) is 65.0 Å². The van der Waals surface area contributed by atoms with Crippen molar-refractivity contribution < 1.29 is 33.6 Å². The molecule has 3 aromatic rings. The van der Waals surface area contributed by atoms with Crippen LogP contribution in [0.1, 0.15) is 31.1 Å². The maximum absolute atomic E-state index is 14.1. The molecule has 1 saturated carbocycles. The Morgan fingerprint density at radius 1 is 0.796 bits per heavy atom. The van der Waals surface area contributed by atoms with Gasteiger partial charge in [0.05, 0.1) is 43.0 Å². The molecule has 0 unspecified atom stereocenters. The lowest BCUT2D eigenvalue weighted by Gasteiger charge is -2.36. The van der Waals surface area contributed by atoms with Crippen molar-refractivity contribution in [1.29, 1.82) is 0 Å². The van der Waals surface area contributed by atoms with Crippen LogP contribution >= 0.6 is 81.2 Å². The number of fused-ring (bicyclic) bond motifs is 5. The van der Waals surface area contributed by atoms with Crippen molar-refractivity contribution >= 4 is 116 Å². The van der Waals surface area contributed by atoms with Gasteiger partial charge in [0.25, 0.3) is 23.4 Å². The number of benzene rings is 3. The Bertz CT molecular complexity index is 1980. The number of alkyl halides is 4. The Kier molecular flexibility index (Phi) is 8.97. The zero-order chi connectivity index (χ0) is 35.8. The average Bonchev–Trinajstić information content (AvgIpc) is 3.46. The van der Waals surface area contributed by atoms with E-state index in [9.17, 15) is 34.1 Å². The van der Waals surface area contributed by atoms with E-state index in [2.05, 4.69) is 0 Å². The second-order valence-corrected chi connectivity index (χ2v) is 14.7. The number of nitrogens with zero attached hydrogens (tertiary/aromatic N) is 3. The molecule has 0 radical (unpaired) electrons. The number of nitro benzene ring substituents is 1. The fourth-order valence-corrected chi connectivity index (χ4v) is 9.19. The number of hydrogen-bond acceptors (Lipinski definition) is 8. The molecule has 3 amide bonds. The second-order valence-electron chi connectivity index (χ2n) is 11.1. The fourth-order valence-electron chi connectivity index (χ4n) is 6.05. The number of ketones is 1. The fraction of sp³-hybridized carbons (Fsp3) is 0.194. The van der Waals surface area contributed by atoms with Gasteiger partial charge in [-0.05, 0) is 48.5 Å². The van der Waals surface area contributed by atoms with Crippen LogP contribution < -0.4 is 4.74 Å². The number of carbonyl (C=O) groups excluding carboxylic acids is 5. The monoisotopic (exact) mass is 803 g/mol. The number of imide groups is 1. The number of non-ortho nitro benzene ring substituents is 1. The summed E-state index contributed by atoms with van der Waals surface area (Å²) < 4.78 is 3.07. The van der Waals surface area contributed by atoms with Crippen LogP contribution in [0.4, 0.5) is 5.69 Å². The average molecular weight is 807 g/mol. The molecule has 3 aromatic carbocycles. The van der Waals surface area contributed by atoms with E-state index in [4.69, 9.17) is 85.9 Å². The van der Waals surface area contributed by atoms with Crippen molar-refractivity contribution in [3.63, 3.8) is 0 Å². The van der Waals surface area contributed by atoms with E-state index in [0.29, 0.717) is 10.0 Å². The second kappa shape index (κ2) is 12.4. The highest BCUT2D eigenvalue weighted by atomic mass is 35.5.